The molecule has 1 aromatic rings. The highest BCUT2D eigenvalue weighted by molar-refractivity contribution is 6.05. The molecule has 1 fully saturated rings. The topological polar surface area (TPSA) is 68.7 Å². The Morgan fingerprint density at radius 1 is 1.06 bits per heavy atom. The van der Waals surface area contributed by atoms with Gasteiger partial charge in [-0.15, -0.1) is 0 Å². The van der Waals surface area contributed by atoms with Crippen molar-refractivity contribution in [2.75, 3.05) is 26.8 Å². The quantitative estimate of drug-likeness (QED) is 0.611. The number of allylic oxidation sites excluding steroid dienone is 2. The van der Waals surface area contributed by atoms with E-state index in [9.17, 15) is 9.59 Å². The Morgan fingerprint density at radius 2 is 1.81 bits per heavy atom. The highest BCUT2D eigenvalue weighted by Gasteiger charge is 2.55. The van der Waals surface area contributed by atoms with Crippen molar-refractivity contribution >= 4 is 17.9 Å². The molecule has 1 aromatic carbocycles. The van der Waals surface area contributed by atoms with E-state index in [1.54, 1.807) is 11.9 Å². The van der Waals surface area contributed by atoms with E-state index in [1.807, 2.05) is 50.8 Å². The molecule has 4 rings (SSSR count). The standard InChI is InChI=1S/C24H33N5O3/c1-7-32-12-8-11-27-17(4)18(5)29-20-21(25-23(27)29)26(6)24(31)28(22(20)30)14-19-13-15(2)9-10-16(19)3/h9-10,13,20-21H,7-8,11-12,14H2,1-6H3. The van der Waals surface area contributed by atoms with Crippen molar-refractivity contribution in [1.29, 1.82) is 0 Å². The van der Waals surface area contributed by atoms with Crippen LogP contribution in [0.2, 0.25) is 0 Å². The lowest BCUT2D eigenvalue weighted by molar-refractivity contribution is -0.137. The second-order valence-corrected chi connectivity index (χ2v) is 8.78. The average Bonchev–Trinajstić information content (AvgIpc) is 3.26. The Morgan fingerprint density at radius 3 is 2.53 bits per heavy atom. The minimum atomic E-state index is -0.537. The van der Waals surface area contributed by atoms with E-state index in [1.165, 1.54) is 4.90 Å². The van der Waals surface area contributed by atoms with Crippen molar-refractivity contribution in [2.45, 2.75) is 59.8 Å². The van der Waals surface area contributed by atoms with Gasteiger partial charge in [-0.2, -0.15) is 0 Å². The van der Waals surface area contributed by atoms with Crippen LogP contribution < -0.4 is 0 Å². The van der Waals surface area contributed by atoms with E-state index < -0.39 is 12.2 Å². The monoisotopic (exact) mass is 439 g/mol. The van der Waals surface area contributed by atoms with Crippen LogP contribution in [0.1, 0.15) is 43.9 Å². The number of imide groups is 1. The Balaban J connectivity index is 1.60. The van der Waals surface area contributed by atoms with Gasteiger partial charge in [0.1, 0.15) is 0 Å². The third-order valence-corrected chi connectivity index (χ3v) is 6.71. The molecule has 0 aromatic heterocycles. The molecule has 3 aliphatic heterocycles. The van der Waals surface area contributed by atoms with E-state index in [2.05, 4.69) is 11.8 Å². The van der Waals surface area contributed by atoms with E-state index in [0.29, 0.717) is 13.2 Å². The van der Waals surface area contributed by atoms with Gasteiger partial charge in [0.25, 0.3) is 5.91 Å². The Bertz CT molecular complexity index is 1000. The van der Waals surface area contributed by atoms with Crippen LogP contribution in [0.3, 0.4) is 0 Å². The van der Waals surface area contributed by atoms with Crippen molar-refractivity contribution in [2.24, 2.45) is 4.99 Å². The van der Waals surface area contributed by atoms with E-state index in [0.717, 1.165) is 47.0 Å². The summed E-state index contributed by atoms with van der Waals surface area (Å²) in [5, 5.41) is 0. The van der Waals surface area contributed by atoms with Crippen LogP contribution >= 0.6 is 0 Å². The van der Waals surface area contributed by atoms with Gasteiger partial charge in [0, 0.05) is 38.2 Å². The van der Waals surface area contributed by atoms with Crippen molar-refractivity contribution in [1.82, 2.24) is 19.6 Å². The lowest BCUT2D eigenvalue weighted by atomic mass is 10.0. The number of amides is 3. The summed E-state index contributed by atoms with van der Waals surface area (Å²) in [6.07, 6.45) is 0.347. The van der Waals surface area contributed by atoms with Crippen molar-refractivity contribution < 1.29 is 14.3 Å². The highest BCUT2D eigenvalue weighted by Crippen LogP contribution is 2.38. The Labute approximate surface area is 190 Å². The van der Waals surface area contributed by atoms with Gasteiger partial charge in [0.05, 0.1) is 6.54 Å². The number of aryl methyl sites for hydroxylation is 2. The van der Waals surface area contributed by atoms with Gasteiger partial charge in [0.15, 0.2) is 12.2 Å². The number of guanidine groups is 1. The molecule has 8 heteroatoms. The number of hydrogen-bond donors (Lipinski definition) is 0. The summed E-state index contributed by atoms with van der Waals surface area (Å²) in [5.74, 6) is 0.564. The first-order valence-electron chi connectivity index (χ1n) is 11.3. The molecule has 1 saturated heterocycles. The van der Waals surface area contributed by atoms with Crippen molar-refractivity contribution in [3.05, 3.63) is 46.3 Å². The number of urea groups is 1. The summed E-state index contributed by atoms with van der Waals surface area (Å²) in [6, 6.07) is 5.28. The van der Waals surface area contributed by atoms with Gasteiger partial charge in [-0.3, -0.25) is 14.6 Å². The van der Waals surface area contributed by atoms with Gasteiger partial charge in [0.2, 0.25) is 5.96 Å². The predicted octanol–water partition coefficient (Wildman–Crippen LogP) is 3.06. The summed E-state index contributed by atoms with van der Waals surface area (Å²) < 4.78 is 5.49. The number of rotatable bonds is 7. The smallest absolute Gasteiger partial charge is 0.328 e. The maximum Gasteiger partial charge on any atom is 0.328 e. The Kier molecular flexibility index (Phi) is 5.99. The van der Waals surface area contributed by atoms with Crippen molar-refractivity contribution in [3.63, 3.8) is 0 Å². The number of ether oxygens (including phenoxy) is 1. The molecule has 172 valence electrons. The summed E-state index contributed by atoms with van der Waals surface area (Å²) >= 11 is 0. The number of carbonyl (C=O) groups excluding carboxylic acids is 2. The molecule has 3 heterocycles. The number of aliphatic imine (C=N–C) groups is 1. The van der Waals surface area contributed by atoms with Crippen molar-refractivity contribution in [3.8, 4) is 0 Å². The minimum absolute atomic E-state index is 0.193. The average molecular weight is 440 g/mol. The Hall–Kier alpha value is -2.87. The van der Waals surface area contributed by atoms with E-state index >= 15 is 0 Å². The maximum absolute atomic E-state index is 13.7. The summed E-state index contributed by atoms with van der Waals surface area (Å²) in [5.41, 5.74) is 5.26. The lowest BCUT2D eigenvalue weighted by Crippen LogP contribution is -2.64. The lowest BCUT2D eigenvalue weighted by Gasteiger charge is -2.41. The SMILES string of the molecule is CCOCCCN1C2=NC3C(C(=O)N(Cc4cc(C)ccc4C)C(=O)N3C)N2C(C)=C1C. The van der Waals surface area contributed by atoms with Gasteiger partial charge < -0.3 is 14.5 Å². The largest absolute Gasteiger partial charge is 0.382 e. The molecule has 3 amide bonds. The van der Waals surface area contributed by atoms with Crippen LogP contribution in [0.4, 0.5) is 4.79 Å². The second kappa shape index (κ2) is 8.58. The van der Waals surface area contributed by atoms with E-state index in [-0.39, 0.29) is 18.5 Å². The zero-order valence-corrected chi connectivity index (χ0v) is 19.9. The third kappa shape index (κ3) is 3.56. The predicted molar refractivity (Wildman–Crippen MR) is 123 cm³/mol. The zero-order chi connectivity index (χ0) is 23.2. The molecule has 0 spiro atoms. The summed E-state index contributed by atoms with van der Waals surface area (Å²) in [7, 11) is 1.74. The van der Waals surface area contributed by atoms with Gasteiger partial charge in [-0.25, -0.2) is 9.79 Å². The second-order valence-electron chi connectivity index (χ2n) is 8.78. The van der Waals surface area contributed by atoms with Crippen LogP contribution in [-0.2, 0) is 16.1 Å². The minimum Gasteiger partial charge on any atom is -0.382 e. The van der Waals surface area contributed by atoms with Crippen LogP contribution in [0.25, 0.3) is 0 Å². The first-order valence-corrected chi connectivity index (χ1v) is 11.3. The number of likely N-dealkylation sites (N-methyl/N-ethyl adjacent to an activating group) is 1. The van der Waals surface area contributed by atoms with Gasteiger partial charge in [-0.1, -0.05) is 23.8 Å². The molecule has 8 nitrogen and oxygen atoms in total. The molecule has 0 aliphatic carbocycles. The summed E-state index contributed by atoms with van der Waals surface area (Å²) in [6.45, 7) is 12.5. The molecule has 32 heavy (non-hydrogen) atoms. The first-order chi connectivity index (χ1) is 15.3. The number of carbonyl (C=O) groups is 2. The fourth-order valence-electron chi connectivity index (χ4n) is 4.70. The zero-order valence-electron chi connectivity index (χ0n) is 19.9. The van der Waals surface area contributed by atoms with Crippen LogP contribution in [0, 0.1) is 13.8 Å². The maximum atomic E-state index is 13.7. The molecular formula is C24H33N5O3. The molecular weight excluding hydrogens is 406 g/mol. The number of benzene rings is 1. The number of hydrogen-bond acceptors (Lipinski definition) is 6. The van der Waals surface area contributed by atoms with Crippen LogP contribution in [0.5, 0.6) is 0 Å². The normalized spacial score (nSPS) is 22.8. The van der Waals surface area contributed by atoms with Gasteiger partial charge >= 0.3 is 6.03 Å². The third-order valence-electron chi connectivity index (χ3n) is 6.71. The summed E-state index contributed by atoms with van der Waals surface area (Å²) in [4.78, 5) is 38.8. The molecule has 3 aliphatic rings. The number of nitrogens with zero attached hydrogens (tertiary/aromatic N) is 5. The molecule has 0 saturated carbocycles. The number of fused-ring (bicyclic) bond motifs is 3. The molecule has 0 radical (unpaired) electrons. The van der Waals surface area contributed by atoms with Crippen LogP contribution in [-0.4, -0.2) is 76.5 Å². The van der Waals surface area contributed by atoms with E-state index in [4.69, 9.17) is 9.73 Å². The van der Waals surface area contributed by atoms with Gasteiger partial charge in [-0.05, 0) is 52.2 Å². The molecule has 0 bridgehead atoms. The fourth-order valence-corrected chi connectivity index (χ4v) is 4.70. The molecule has 2 atom stereocenters. The molecule has 0 N–H and O–H groups in total. The van der Waals surface area contributed by atoms with Crippen LogP contribution in [0.15, 0.2) is 34.6 Å². The fraction of sp³-hybridized carbons (Fsp3) is 0.542. The highest BCUT2D eigenvalue weighted by atomic mass is 16.5. The molecule has 2 unspecified atom stereocenters. The first kappa shape index (κ1) is 22.3.